The molecule has 2 N–H and O–H groups in total. The summed E-state index contributed by atoms with van der Waals surface area (Å²) in [4.78, 5) is 0. The number of rotatable bonds is 14. The Morgan fingerprint density at radius 3 is 1.43 bits per heavy atom. The molecule has 0 heterocycles. The molecule has 0 bridgehead atoms. The second-order valence-electron chi connectivity index (χ2n) is 7.55. The van der Waals surface area contributed by atoms with Crippen molar-refractivity contribution in [2.45, 2.75) is 57.0 Å². The SMILES string of the molecule is CO[SiH2]C(C)(C)CCNCCCNCCC(C)(C)[SiH2]OC. The topological polar surface area (TPSA) is 42.5 Å². The first-order chi connectivity index (χ1) is 9.83. The maximum Gasteiger partial charge on any atom is 0.166 e. The molecule has 0 saturated heterocycles. The molecule has 0 saturated carbocycles. The van der Waals surface area contributed by atoms with Gasteiger partial charge in [-0.05, 0) is 55.5 Å². The van der Waals surface area contributed by atoms with Gasteiger partial charge in [-0.2, -0.15) is 0 Å². The Labute approximate surface area is 137 Å². The highest BCUT2D eigenvalue weighted by Gasteiger charge is 2.18. The predicted molar refractivity (Wildman–Crippen MR) is 98.8 cm³/mol. The molecule has 0 amide bonds. The maximum absolute atomic E-state index is 5.37. The molecule has 128 valence electrons. The van der Waals surface area contributed by atoms with Gasteiger partial charge >= 0.3 is 0 Å². The van der Waals surface area contributed by atoms with Gasteiger partial charge in [0.1, 0.15) is 0 Å². The van der Waals surface area contributed by atoms with E-state index in [2.05, 4.69) is 38.3 Å². The van der Waals surface area contributed by atoms with Crippen molar-refractivity contribution >= 4 is 19.5 Å². The van der Waals surface area contributed by atoms with Crippen molar-refractivity contribution in [3.05, 3.63) is 0 Å². The molecule has 0 aliphatic carbocycles. The van der Waals surface area contributed by atoms with E-state index in [1.807, 2.05) is 14.2 Å². The van der Waals surface area contributed by atoms with Gasteiger partial charge in [0.05, 0.1) is 0 Å². The Hall–Kier alpha value is 0.274. The minimum atomic E-state index is -0.379. The molecule has 4 nitrogen and oxygen atoms in total. The molecular formula is C15H38N2O2Si2. The molecule has 0 aromatic rings. The van der Waals surface area contributed by atoms with Gasteiger partial charge in [0.2, 0.25) is 0 Å². The van der Waals surface area contributed by atoms with Crippen LogP contribution in [-0.4, -0.2) is 59.9 Å². The lowest BCUT2D eigenvalue weighted by Crippen LogP contribution is -2.27. The summed E-state index contributed by atoms with van der Waals surface area (Å²) in [5, 5.41) is 7.91. The van der Waals surface area contributed by atoms with Crippen molar-refractivity contribution in [1.29, 1.82) is 0 Å². The summed E-state index contributed by atoms with van der Waals surface area (Å²) < 4.78 is 10.7. The van der Waals surface area contributed by atoms with E-state index >= 15 is 0 Å². The van der Waals surface area contributed by atoms with E-state index in [4.69, 9.17) is 8.85 Å². The Balaban J connectivity index is 3.37. The second kappa shape index (κ2) is 11.8. The Kier molecular flexibility index (Phi) is 11.9. The third kappa shape index (κ3) is 13.6. The fraction of sp³-hybridized carbons (Fsp3) is 1.00. The summed E-state index contributed by atoms with van der Waals surface area (Å²) in [6.45, 7) is 13.7. The molecule has 0 unspecified atom stereocenters. The molecule has 0 aliphatic heterocycles. The molecule has 0 atom stereocenters. The van der Waals surface area contributed by atoms with Crippen molar-refractivity contribution in [1.82, 2.24) is 10.6 Å². The lowest BCUT2D eigenvalue weighted by molar-refractivity contribution is 0.397. The van der Waals surface area contributed by atoms with Crippen molar-refractivity contribution in [3.8, 4) is 0 Å². The third-order valence-electron chi connectivity index (χ3n) is 3.73. The molecule has 0 aliphatic rings. The molecule has 0 aromatic heterocycles. The van der Waals surface area contributed by atoms with Crippen molar-refractivity contribution in [2.75, 3.05) is 40.4 Å². The maximum atomic E-state index is 5.37. The van der Waals surface area contributed by atoms with Gasteiger partial charge in [-0.1, -0.05) is 27.7 Å². The average molecular weight is 335 g/mol. The summed E-state index contributed by atoms with van der Waals surface area (Å²) in [7, 11) is 2.92. The molecular weight excluding hydrogens is 296 g/mol. The van der Waals surface area contributed by atoms with Gasteiger partial charge in [0, 0.05) is 14.2 Å². The van der Waals surface area contributed by atoms with Crippen LogP contribution >= 0.6 is 0 Å². The smallest absolute Gasteiger partial charge is 0.166 e. The lowest BCUT2D eigenvalue weighted by atomic mass is 10.1. The molecule has 0 fully saturated rings. The molecule has 6 heteroatoms. The van der Waals surface area contributed by atoms with E-state index in [0.29, 0.717) is 10.1 Å². The van der Waals surface area contributed by atoms with E-state index in [1.165, 1.54) is 19.3 Å². The summed E-state index contributed by atoms with van der Waals surface area (Å²) in [5.41, 5.74) is 0. The normalized spacial score (nSPS) is 14.0. The van der Waals surface area contributed by atoms with Crippen molar-refractivity contribution < 1.29 is 8.85 Å². The zero-order valence-corrected chi connectivity index (χ0v) is 18.0. The quantitative estimate of drug-likeness (QED) is 0.370. The fourth-order valence-electron chi connectivity index (χ4n) is 2.37. The van der Waals surface area contributed by atoms with E-state index in [-0.39, 0.29) is 19.5 Å². The first kappa shape index (κ1) is 21.3. The highest BCUT2D eigenvalue weighted by Crippen LogP contribution is 2.27. The van der Waals surface area contributed by atoms with Crippen LogP contribution in [0.2, 0.25) is 10.1 Å². The highest BCUT2D eigenvalue weighted by atomic mass is 28.2. The van der Waals surface area contributed by atoms with Gasteiger partial charge in [-0.15, -0.1) is 0 Å². The Morgan fingerprint density at radius 2 is 1.10 bits per heavy atom. The largest absolute Gasteiger partial charge is 0.427 e. The molecule has 0 radical (unpaired) electrons. The zero-order chi connectivity index (χ0) is 16.2. The van der Waals surface area contributed by atoms with Gasteiger partial charge in [-0.25, -0.2) is 0 Å². The molecule has 21 heavy (non-hydrogen) atoms. The average Bonchev–Trinajstić information content (AvgIpc) is 2.36. The molecule has 0 aromatic carbocycles. The monoisotopic (exact) mass is 334 g/mol. The number of nitrogens with one attached hydrogen (secondary N) is 2. The van der Waals surface area contributed by atoms with Crippen molar-refractivity contribution in [2.24, 2.45) is 0 Å². The lowest BCUT2D eigenvalue weighted by Gasteiger charge is -2.23. The van der Waals surface area contributed by atoms with Crippen LogP contribution in [0.3, 0.4) is 0 Å². The van der Waals surface area contributed by atoms with Gasteiger partial charge in [0.25, 0.3) is 0 Å². The van der Waals surface area contributed by atoms with Crippen LogP contribution in [0.5, 0.6) is 0 Å². The standard InChI is InChI=1S/C15H38N2O2Si2/c1-14(2,20-18-5)8-12-16-10-7-11-17-13-9-15(3,4)21-19-6/h16-17H,7-13,20-21H2,1-6H3. The zero-order valence-electron chi connectivity index (χ0n) is 15.2. The van der Waals surface area contributed by atoms with E-state index in [9.17, 15) is 0 Å². The van der Waals surface area contributed by atoms with Gasteiger partial charge < -0.3 is 19.5 Å². The van der Waals surface area contributed by atoms with Crippen LogP contribution in [0, 0.1) is 0 Å². The molecule has 0 rings (SSSR count). The van der Waals surface area contributed by atoms with E-state index in [1.54, 1.807) is 0 Å². The second-order valence-corrected chi connectivity index (χ2v) is 13.1. The number of hydrogen-bond acceptors (Lipinski definition) is 4. The highest BCUT2D eigenvalue weighted by molar-refractivity contribution is 6.32. The number of hydrogen-bond donors (Lipinski definition) is 2. The van der Waals surface area contributed by atoms with Crippen LogP contribution in [0.4, 0.5) is 0 Å². The van der Waals surface area contributed by atoms with E-state index < -0.39 is 0 Å². The summed E-state index contributed by atoms with van der Waals surface area (Å²) in [6.07, 6.45) is 3.64. The van der Waals surface area contributed by atoms with E-state index in [0.717, 1.165) is 26.2 Å². The first-order valence-electron chi connectivity index (χ1n) is 8.22. The third-order valence-corrected chi connectivity index (χ3v) is 6.58. The Bertz CT molecular complexity index is 228. The van der Waals surface area contributed by atoms with Crippen LogP contribution in [0.1, 0.15) is 47.0 Å². The minimum absolute atomic E-state index is 0.379. The fourth-order valence-corrected chi connectivity index (χ4v) is 4.57. The van der Waals surface area contributed by atoms with Gasteiger partial charge in [-0.3, -0.25) is 0 Å². The summed E-state index contributed by atoms with van der Waals surface area (Å²) in [6, 6.07) is 0. The summed E-state index contributed by atoms with van der Waals surface area (Å²) in [5.74, 6) is 0. The predicted octanol–water partition coefficient (Wildman–Crippen LogP) is 1.19. The van der Waals surface area contributed by atoms with Crippen LogP contribution < -0.4 is 10.6 Å². The summed E-state index contributed by atoms with van der Waals surface area (Å²) >= 11 is 0. The first-order valence-corrected chi connectivity index (χ1v) is 10.8. The Morgan fingerprint density at radius 1 is 0.714 bits per heavy atom. The molecule has 0 spiro atoms. The van der Waals surface area contributed by atoms with Crippen LogP contribution in [0.25, 0.3) is 0 Å². The van der Waals surface area contributed by atoms with Crippen LogP contribution in [-0.2, 0) is 8.85 Å². The minimum Gasteiger partial charge on any atom is -0.427 e. The van der Waals surface area contributed by atoms with Crippen LogP contribution in [0.15, 0.2) is 0 Å². The van der Waals surface area contributed by atoms with Crippen molar-refractivity contribution in [3.63, 3.8) is 0 Å². The van der Waals surface area contributed by atoms with Gasteiger partial charge in [0.15, 0.2) is 19.5 Å².